The zero-order valence-corrected chi connectivity index (χ0v) is 22.7. The number of fused-ring (bicyclic) bond motifs is 1. The third-order valence-electron chi connectivity index (χ3n) is 7.15. The van der Waals surface area contributed by atoms with Crippen LogP contribution in [0.5, 0.6) is 0 Å². The second kappa shape index (κ2) is 10.0. The molecule has 13 heteroatoms. The van der Waals surface area contributed by atoms with Gasteiger partial charge in [-0.1, -0.05) is 86.5 Å². The van der Waals surface area contributed by atoms with Crippen LogP contribution in [0.1, 0.15) is 27.0 Å². The number of ether oxygens (including phenoxy) is 1. The molecule has 0 saturated carbocycles. The van der Waals surface area contributed by atoms with Gasteiger partial charge in [0.15, 0.2) is 29.6 Å². The third kappa shape index (κ3) is 4.34. The molecule has 0 unspecified atom stereocenters. The van der Waals surface area contributed by atoms with E-state index >= 15 is 4.39 Å². The molecule has 3 N–H and O–H groups in total. The van der Waals surface area contributed by atoms with Crippen LogP contribution in [0, 0.1) is 0 Å². The lowest BCUT2D eigenvalue weighted by Gasteiger charge is -2.44. The molecule has 1 fully saturated rings. The normalized spacial score (nSPS) is 23.6. The summed E-state index contributed by atoms with van der Waals surface area (Å²) in [4.78, 5) is 15.1. The number of hydrogen-bond donors (Lipinski definition) is 2. The number of nitrogens with zero attached hydrogens (tertiary/aromatic N) is 7. The van der Waals surface area contributed by atoms with Crippen LogP contribution >= 0.6 is 0 Å². The Morgan fingerprint density at radius 3 is 2.31 bits per heavy atom. The molecule has 1 saturated heterocycles. The summed E-state index contributed by atoms with van der Waals surface area (Å²) in [5.74, 6) is 0.115. The molecule has 5 rings (SSSR count). The first-order valence-electron chi connectivity index (χ1n) is 12.4. The van der Waals surface area contributed by atoms with E-state index in [1.165, 1.54) is 17.2 Å². The van der Waals surface area contributed by atoms with Crippen LogP contribution in [0.4, 0.5) is 10.2 Å². The van der Waals surface area contributed by atoms with Gasteiger partial charge in [0.1, 0.15) is 17.9 Å². The highest BCUT2D eigenvalue weighted by atomic mass is 28.4. The minimum atomic E-state index is -3.14. The molecule has 11 nitrogen and oxygen atoms in total. The van der Waals surface area contributed by atoms with Gasteiger partial charge in [-0.3, -0.25) is 4.57 Å². The highest BCUT2D eigenvalue weighted by molar-refractivity contribution is 6.99. The van der Waals surface area contributed by atoms with Crippen LogP contribution in [-0.4, -0.2) is 57.6 Å². The number of nitrogens with two attached hydrogens (primary N) is 1. The standard InChI is InChI=1S/C26H29FN8O3Si/c1-25(2,3)39(17-10-6-4-7-11-17,18-12-8-5-9-13-18)37-14-26(33-34-29)21(36)19(27)24(38-26)35-16-32-20-22(28)30-15-31-23(20)35/h4-13,15-16,19,21,24,36H,14H2,1-3H3,(H2,28,30,31)/t19-,21+,24-,26-/m1/s1. The van der Waals surface area contributed by atoms with Crippen molar-refractivity contribution in [1.29, 1.82) is 0 Å². The first-order chi connectivity index (χ1) is 18.6. The average Bonchev–Trinajstić information content (AvgIpc) is 3.46. The Labute approximate surface area is 225 Å². The molecule has 202 valence electrons. The van der Waals surface area contributed by atoms with Gasteiger partial charge >= 0.3 is 0 Å². The zero-order chi connectivity index (χ0) is 27.8. The fraction of sp³-hybridized carbons (Fsp3) is 0.346. The number of aliphatic hydroxyl groups is 1. The van der Waals surface area contributed by atoms with Crippen LogP contribution in [0.3, 0.4) is 0 Å². The van der Waals surface area contributed by atoms with Gasteiger partial charge in [-0.15, -0.1) is 0 Å². The quantitative estimate of drug-likeness (QED) is 0.155. The average molecular weight is 549 g/mol. The molecule has 0 amide bonds. The van der Waals surface area contributed by atoms with Crippen molar-refractivity contribution in [1.82, 2.24) is 19.5 Å². The van der Waals surface area contributed by atoms with Crippen LogP contribution in [0.2, 0.25) is 5.04 Å². The monoisotopic (exact) mass is 548 g/mol. The Kier molecular flexibility index (Phi) is 6.87. The van der Waals surface area contributed by atoms with Gasteiger partial charge < -0.3 is 20.0 Å². The molecule has 0 spiro atoms. The van der Waals surface area contributed by atoms with Crippen molar-refractivity contribution in [2.45, 2.75) is 50.0 Å². The number of imidazole rings is 1. The molecule has 1 aliphatic heterocycles. The molecule has 2 aromatic heterocycles. The summed E-state index contributed by atoms with van der Waals surface area (Å²) in [6, 6.07) is 19.6. The van der Waals surface area contributed by atoms with Crippen LogP contribution < -0.4 is 16.1 Å². The van der Waals surface area contributed by atoms with Gasteiger partial charge in [-0.2, -0.15) is 0 Å². The SMILES string of the molecule is CC(C)(C)[Si](OC[C@@]1(N=[N+]=[N-])O[C@@H](n2cnc3c(N)ncnc32)[C@H](F)[C@@H]1O)(c1ccccc1)c1ccccc1. The van der Waals surface area contributed by atoms with Gasteiger partial charge in [0.25, 0.3) is 8.32 Å². The van der Waals surface area contributed by atoms with E-state index in [1.54, 1.807) is 0 Å². The van der Waals surface area contributed by atoms with Gasteiger partial charge in [0.05, 0.1) is 12.9 Å². The summed E-state index contributed by atoms with van der Waals surface area (Å²) in [6.45, 7) is 5.84. The Balaban J connectivity index is 1.59. The minimum Gasteiger partial charge on any atom is -0.404 e. The number of nitrogen functional groups attached to an aromatic ring is 1. The summed E-state index contributed by atoms with van der Waals surface area (Å²) in [5, 5.41) is 16.5. The van der Waals surface area contributed by atoms with Crippen LogP contribution in [0.15, 0.2) is 78.4 Å². The van der Waals surface area contributed by atoms with Gasteiger partial charge in [0.2, 0.25) is 0 Å². The van der Waals surface area contributed by atoms with Crippen LogP contribution in [0.25, 0.3) is 21.6 Å². The molecule has 4 atom stereocenters. The first kappa shape index (κ1) is 26.7. The molecule has 4 aromatic rings. The minimum absolute atomic E-state index is 0.115. The molecule has 1 aliphatic rings. The Morgan fingerprint density at radius 1 is 1.13 bits per heavy atom. The molecule has 2 aromatic carbocycles. The van der Waals surface area contributed by atoms with E-state index in [2.05, 4.69) is 45.7 Å². The molecular weight excluding hydrogens is 519 g/mol. The maximum absolute atomic E-state index is 15.8. The van der Waals surface area contributed by atoms with Crippen molar-refractivity contribution in [2.24, 2.45) is 5.11 Å². The van der Waals surface area contributed by atoms with Crippen molar-refractivity contribution in [2.75, 3.05) is 12.3 Å². The van der Waals surface area contributed by atoms with Crippen molar-refractivity contribution >= 4 is 35.7 Å². The summed E-state index contributed by atoms with van der Waals surface area (Å²) < 4.78 is 30.0. The largest absolute Gasteiger partial charge is 0.404 e. The Morgan fingerprint density at radius 2 is 1.74 bits per heavy atom. The molecule has 0 radical (unpaired) electrons. The van der Waals surface area contributed by atoms with E-state index in [9.17, 15) is 10.6 Å². The summed E-state index contributed by atoms with van der Waals surface area (Å²) in [5.41, 5.74) is 13.8. The third-order valence-corrected chi connectivity index (χ3v) is 12.1. The van der Waals surface area contributed by atoms with E-state index < -0.39 is 44.2 Å². The molecular formula is C26H29FN8O3Si. The van der Waals surface area contributed by atoms with Gasteiger partial charge in [-0.25, -0.2) is 19.3 Å². The number of rotatable bonds is 7. The number of anilines is 1. The molecule has 0 aliphatic carbocycles. The predicted molar refractivity (Wildman–Crippen MR) is 146 cm³/mol. The predicted octanol–water partition coefficient (Wildman–Crippen LogP) is 3.22. The van der Waals surface area contributed by atoms with Gasteiger partial charge in [-0.05, 0) is 20.9 Å². The van der Waals surface area contributed by atoms with Crippen molar-refractivity contribution < 1.29 is 18.7 Å². The van der Waals surface area contributed by atoms with Crippen LogP contribution in [-0.2, 0) is 9.16 Å². The second-order valence-electron chi connectivity index (χ2n) is 10.5. The number of aliphatic hydroxyl groups excluding tert-OH is 1. The maximum Gasteiger partial charge on any atom is 0.261 e. The lowest BCUT2D eigenvalue weighted by Crippen LogP contribution is -2.68. The number of halogens is 1. The van der Waals surface area contributed by atoms with E-state index in [0.717, 1.165) is 10.4 Å². The van der Waals surface area contributed by atoms with Gasteiger partial charge in [0, 0.05) is 4.91 Å². The highest BCUT2D eigenvalue weighted by Crippen LogP contribution is 2.44. The highest BCUT2D eigenvalue weighted by Gasteiger charge is 2.59. The van der Waals surface area contributed by atoms with E-state index in [4.69, 9.17) is 14.9 Å². The lowest BCUT2D eigenvalue weighted by molar-refractivity contribution is -0.119. The number of azide groups is 1. The molecule has 0 bridgehead atoms. The van der Waals surface area contributed by atoms with E-state index in [0.29, 0.717) is 0 Å². The van der Waals surface area contributed by atoms with E-state index in [1.807, 2.05) is 60.7 Å². The number of aromatic nitrogens is 4. The smallest absolute Gasteiger partial charge is 0.261 e. The Hall–Kier alpha value is -3.87. The second-order valence-corrected chi connectivity index (χ2v) is 14.8. The van der Waals surface area contributed by atoms with Crippen molar-refractivity contribution in [3.05, 3.63) is 83.8 Å². The maximum atomic E-state index is 15.8. The van der Waals surface area contributed by atoms with E-state index in [-0.39, 0.29) is 17.0 Å². The molecule has 39 heavy (non-hydrogen) atoms. The summed E-state index contributed by atoms with van der Waals surface area (Å²) in [6.07, 6.45) is -2.72. The number of alkyl halides is 1. The number of benzene rings is 2. The van der Waals surface area contributed by atoms with Crippen molar-refractivity contribution in [3.63, 3.8) is 0 Å². The topological polar surface area (TPSA) is 157 Å². The van der Waals surface area contributed by atoms with Crippen molar-refractivity contribution in [3.8, 4) is 0 Å². The fourth-order valence-corrected chi connectivity index (χ4v) is 9.87. The first-order valence-corrected chi connectivity index (χ1v) is 14.3. The summed E-state index contributed by atoms with van der Waals surface area (Å²) >= 11 is 0. The fourth-order valence-electron chi connectivity index (χ4n) is 5.29. The molecule has 3 heterocycles. The zero-order valence-electron chi connectivity index (χ0n) is 21.7. The number of hydrogen-bond acceptors (Lipinski definition) is 8. The lowest BCUT2D eigenvalue weighted by atomic mass is 10.1. The summed E-state index contributed by atoms with van der Waals surface area (Å²) in [7, 11) is -3.14. The Bertz CT molecular complexity index is 1470.